The maximum Gasteiger partial charge on any atom is 0.329 e. The van der Waals surface area contributed by atoms with Crippen LogP contribution in [0, 0.1) is 0 Å². The fourth-order valence-corrected chi connectivity index (χ4v) is 4.07. The van der Waals surface area contributed by atoms with Crippen molar-refractivity contribution in [3.05, 3.63) is 97.2 Å². The van der Waals surface area contributed by atoms with Crippen molar-refractivity contribution in [1.29, 1.82) is 0 Å². The molecule has 7 nitrogen and oxygen atoms in total. The first-order valence-electron chi connectivity index (χ1n) is 8.75. The highest BCUT2D eigenvalue weighted by atomic mass is 16.3. The number of nitrogens with zero attached hydrogens (tertiary/aromatic N) is 1. The first-order valence-corrected chi connectivity index (χ1v) is 8.75. The van der Waals surface area contributed by atoms with Gasteiger partial charge < -0.3 is 10.4 Å². The monoisotopic (exact) mass is 373 g/mol. The lowest BCUT2D eigenvalue weighted by atomic mass is 9.81. The highest BCUT2D eigenvalue weighted by Crippen LogP contribution is 2.47. The predicted octanol–water partition coefficient (Wildman–Crippen LogP) is 1.94. The standard InChI is InChI=1S/C21H15N3O4/c1-24-19-16(20(27)23-21(24)28)14(10-5-4-6-11(25)9-10)15-17(22-19)12-7-2-3-8-13(12)18(15)26/h2-9,14,22,25H,1H3,(H,23,27,28)/t14-/m0/s1. The van der Waals surface area contributed by atoms with Crippen molar-refractivity contribution in [2.45, 2.75) is 5.92 Å². The second kappa shape index (κ2) is 5.56. The quantitative estimate of drug-likeness (QED) is 0.605. The Morgan fingerprint density at radius 3 is 2.50 bits per heavy atom. The fraction of sp³-hybridized carbons (Fsp3) is 0.0952. The molecule has 0 saturated carbocycles. The van der Waals surface area contributed by atoms with E-state index in [2.05, 4.69) is 10.3 Å². The molecule has 7 heteroatoms. The van der Waals surface area contributed by atoms with Gasteiger partial charge in [-0.05, 0) is 17.7 Å². The van der Waals surface area contributed by atoms with E-state index in [-0.39, 0.29) is 17.1 Å². The average Bonchev–Trinajstić information content (AvgIpc) is 2.97. The molecular formula is C21H15N3O4. The molecule has 0 radical (unpaired) electrons. The van der Waals surface area contributed by atoms with Crippen LogP contribution in [0.15, 0.2) is 63.7 Å². The first kappa shape index (κ1) is 16.3. The lowest BCUT2D eigenvalue weighted by molar-refractivity contribution is 0.103. The second-order valence-corrected chi connectivity index (χ2v) is 6.90. The molecule has 3 N–H and O–H groups in total. The van der Waals surface area contributed by atoms with Crippen LogP contribution in [-0.4, -0.2) is 20.4 Å². The normalized spacial score (nSPS) is 17.0. The number of carbonyl (C=O) groups is 1. The number of fused-ring (bicyclic) bond motifs is 3. The number of phenols is 1. The van der Waals surface area contributed by atoms with Crippen LogP contribution in [0.5, 0.6) is 5.75 Å². The molecule has 28 heavy (non-hydrogen) atoms. The van der Waals surface area contributed by atoms with Gasteiger partial charge in [-0.2, -0.15) is 0 Å². The van der Waals surface area contributed by atoms with Gasteiger partial charge in [-0.15, -0.1) is 0 Å². The lowest BCUT2D eigenvalue weighted by Crippen LogP contribution is -2.37. The fourth-order valence-electron chi connectivity index (χ4n) is 4.07. The Balaban J connectivity index is 1.88. The van der Waals surface area contributed by atoms with E-state index in [0.29, 0.717) is 28.2 Å². The number of aromatic hydroxyl groups is 1. The number of aromatic nitrogens is 2. The Kier molecular flexibility index (Phi) is 3.24. The van der Waals surface area contributed by atoms with E-state index in [9.17, 15) is 19.5 Å². The molecule has 138 valence electrons. The third kappa shape index (κ3) is 2.07. The SMILES string of the molecule is Cn1c2c(c(=O)[nH]c1=O)[C@@H](c1cccc(O)c1)C1=C(N2)c2ccccc2C1=O. The summed E-state index contributed by atoms with van der Waals surface area (Å²) in [6.07, 6.45) is 0. The predicted molar refractivity (Wildman–Crippen MR) is 104 cm³/mol. The molecule has 1 aromatic heterocycles. The highest BCUT2D eigenvalue weighted by Gasteiger charge is 2.42. The summed E-state index contributed by atoms with van der Waals surface area (Å²) < 4.78 is 1.32. The third-order valence-corrected chi connectivity index (χ3v) is 5.34. The van der Waals surface area contributed by atoms with Crippen molar-refractivity contribution in [3.63, 3.8) is 0 Å². The summed E-state index contributed by atoms with van der Waals surface area (Å²) in [6.45, 7) is 0. The largest absolute Gasteiger partial charge is 0.508 e. The third-order valence-electron chi connectivity index (χ3n) is 5.34. The summed E-state index contributed by atoms with van der Waals surface area (Å²) >= 11 is 0. The van der Waals surface area contributed by atoms with E-state index in [1.807, 2.05) is 12.1 Å². The van der Waals surface area contributed by atoms with Gasteiger partial charge in [0.05, 0.1) is 11.3 Å². The van der Waals surface area contributed by atoms with Crippen LogP contribution in [0.1, 0.15) is 33.0 Å². The first-order chi connectivity index (χ1) is 13.5. The average molecular weight is 373 g/mol. The van der Waals surface area contributed by atoms with Crippen molar-refractivity contribution < 1.29 is 9.90 Å². The van der Waals surface area contributed by atoms with E-state index in [1.54, 1.807) is 31.3 Å². The number of benzene rings is 2. The van der Waals surface area contributed by atoms with Gasteiger partial charge >= 0.3 is 5.69 Å². The van der Waals surface area contributed by atoms with Crippen molar-refractivity contribution >= 4 is 17.3 Å². The van der Waals surface area contributed by atoms with E-state index in [4.69, 9.17) is 0 Å². The molecule has 0 unspecified atom stereocenters. The van der Waals surface area contributed by atoms with Crippen LogP contribution < -0.4 is 16.6 Å². The van der Waals surface area contributed by atoms with Gasteiger partial charge in [0, 0.05) is 29.7 Å². The number of rotatable bonds is 1. The Morgan fingerprint density at radius 2 is 1.75 bits per heavy atom. The highest BCUT2D eigenvalue weighted by molar-refractivity contribution is 6.23. The molecule has 0 amide bonds. The minimum absolute atomic E-state index is 0.0314. The number of anilines is 1. The molecule has 2 aliphatic rings. The Morgan fingerprint density at radius 1 is 1.00 bits per heavy atom. The smallest absolute Gasteiger partial charge is 0.329 e. The Labute approximate surface area is 158 Å². The molecule has 0 saturated heterocycles. The second-order valence-electron chi connectivity index (χ2n) is 6.90. The number of nitrogens with one attached hydrogen (secondary N) is 2. The van der Waals surface area contributed by atoms with Gasteiger partial charge in [0.25, 0.3) is 5.56 Å². The molecule has 1 atom stereocenters. The van der Waals surface area contributed by atoms with Crippen LogP contribution >= 0.6 is 0 Å². The summed E-state index contributed by atoms with van der Waals surface area (Å²) in [6, 6.07) is 13.7. The van der Waals surface area contributed by atoms with E-state index >= 15 is 0 Å². The van der Waals surface area contributed by atoms with Gasteiger partial charge in [0.2, 0.25) is 0 Å². The summed E-state index contributed by atoms with van der Waals surface area (Å²) in [4.78, 5) is 40.5. The maximum atomic E-state index is 13.2. The van der Waals surface area contributed by atoms with Crippen molar-refractivity contribution in [3.8, 4) is 5.75 Å². The molecular weight excluding hydrogens is 358 g/mol. The van der Waals surface area contributed by atoms with Gasteiger partial charge in [0.15, 0.2) is 5.78 Å². The number of ketones is 1. The molecule has 0 spiro atoms. The topological polar surface area (TPSA) is 104 Å². The molecule has 1 aliphatic carbocycles. The van der Waals surface area contributed by atoms with Gasteiger partial charge in [-0.25, -0.2) is 4.79 Å². The number of hydrogen-bond donors (Lipinski definition) is 3. The number of hydrogen-bond acceptors (Lipinski definition) is 5. The molecule has 0 bridgehead atoms. The van der Waals surface area contributed by atoms with Crippen molar-refractivity contribution in [2.24, 2.45) is 7.05 Å². The maximum absolute atomic E-state index is 13.2. The van der Waals surface area contributed by atoms with Gasteiger partial charge in [0.1, 0.15) is 11.6 Å². The summed E-state index contributed by atoms with van der Waals surface area (Å²) in [7, 11) is 1.55. The Bertz CT molecular complexity index is 1330. The van der Waals surface area contributed by atoms with E-state index in [1.165, 1.54) is 16.7 Å². The van der Waals surface area contributed by atoms with E-state index < -0.39 is 17.2 Å². The number of allylic oxidation sites excluding steroid dienone is 1. The Hall–Kier alpha value is -3.87. The van der Waals surface area contributed by atoms with Crippen LogP contribution in [0.25, 0.3) is 5.70 Å². The number of phenolic OH excluding ortho intramolecular Hbond substituents is 1. The van der Waals surface area contributed by atoms with Crippen molar-refractivity contribution in [2.75, 3.05) is 5.32 Å². The molecule has 1 aliphatic heterocycles. The molecule has 2 aromatic carbocycles. The van der Waals surface area contributed by atoms with Crippen LogP contribution in [0.3, 0.4) is 0 Å². The van der Waals surface area contributed by atoms with Crippen LogP contribution in [-0.2, 0) is 7.05 Å². The zero-order valence-corrected chi connectivity index (χ0v) is 14.8. The zero-order chi connectivity index (χ0) is 19.6. The molecule has 5 rings (SSSR count). The van der Waals surface area contributed by atoms with Gasteiger partial charge in [-0.3, -0.25) is 19.1 Å². The minimum atomic E-state index is -0.714. The summed E-state index contributed by atoms with van der Waals surface area (Å²) in [5.74, 6) is -0.520. The summed E-state index contributed by atoms with van der Waals surface area (Å²) in [5, 5.41) is 13.1. The minimum Gasteiger partial charge on any atom is -0.508 e. The number of carbonyl (C=O) groups excluding carboxylic acids is 1. The lowest BCUT2D eigenvalue weighted by Gasteiger charge is -2.29. The van der Waals surface area contributed by atoms with Crippen LogP contribution in [0.2, 0.25) is 0 Å². The zero-order valence-electron chi connectivity index (χ0n) is 14.8. The summed E-state index contributed by atoms with van der Waals surface area (Å²) in [5.41, 5.74) is 2.05. The number of aromatic amines is 1. The van der Waals surface area contributed by atoms with Crippen LogP contribution in [0.4, 0.5) is 5.82 Å². The molecule has 2 heterocycles. The number of H-pyrrole nitrogens is 1. The van der Waals surface area contributed by atoms with E-state index in [0.717, 1.165) is 5.56 Å². The molecule has 0 fully saturated rings. The number of Topliss-reactive ketones (excluding diaryl/α,β-unsaturated/α-hetero) is 1. The van der Waals surface area contributed by atoms with Crippen molar-refractivity contribution in [1.82, 2.24) is 9.55 Å². The van der Waals surface area contributed by atoms with Gasteiger partial charge in [-0.1, -0.05) is 36.4 Å². The molecule has 3 aromatic rings.